The summed E-state index contributed by atoms with van der Waals surface area (Å²) >= 11 is 5.26. The second-order valence-corrected chi connectivity index (χ2v) is 7.51. The maximum atomic E-state index is 12.7. The molecule has 7 nitrogen and oxygen atoms in total. The van der Waals surface area contributed by atoms with E-state index in [1.54, 1.807) is 62.8 Å². The van der Waals surface area contributed by atoms with Crippen LogP contribution in [0.25, 0.3) is 6.08 Å². The standard InChI is InChI=1S/C26H25N3O4S/c1-32-22-14-12-18(16-23(22)33-2)13-15-24(30)29-26(34)28-21-11-7-6-10-20(21)25(31)27-17-19-8-4-3-5-9-19/h3-16H,17H2,1-2H3,(H,27,31)(H2,28,29,30,34). The maximum absolute atomic E-state index is 12.7. The first-order valence-electron chi connectivity index (χ1n) is 10.4. The van der Waals surface area contributed by atoms with E-state index in [4.69, 9.17) is 21.7 Å². The van der Waals surface area contributed by atoms with Crippen LogP contribution < -0.4 is 25.4 Å². The zero-order valence-electron chi connectivity index (χ0n) is 18.8. The highest BCUT2D eigenvalue weighted by molar-refractivity contribution is 7.80. The molecule has 0 bridgehead atoms. The van der Waals surface area contributed by atoms with Crippen LogP contribution in [0.5, 0.6) is 11.5 Å². The Morgan fingerprint density at radius 1 is 0.912 bits per heavy atom. The van der Waals surface area contributed by atoms with Crippen LogP contribution in [0.15, 0.2) is 78.9 Å². The van der Waals surface area contributed by atoms with Crippen LogP contribution in [0.1, 0.15) is 21.5 Å². The molecule has 0 unspecified atom stereocenters. The predicted molar refractivity (Wildman–Crippen MR) is 137 cm³/mol. The molecule has 0 aromatic heterocycles. The van der Waals surface area contributed by atoms with Crippen molar-refractivity contribution < 1.29 is 19.1 Å². The van der Waals surface area contributed by atoms with Crippen LogP contribution >= 0.6 is 12.2 Å². The number of anilines is 1. The minimum absolute atomic E-state index is 0.0743. The zero-order valence-corrected chi connectivity index (χ0v) is 19.6. The van der Waals surface area contributed by atoms with Gasteiger partial charge in [0.1, 0.15) is 0 Å². The number of ether oxygens (including phenoxy) is 2. The first-order chi connectivity index (χ1) is 16.5. The summed E-state index contributed by atoms with van der Waals surface area (Å²) in [5.74, 6) is 0.484. The quantitative estimate of drug-likeness (QED) is 0.335. The van der Waals surface area contributed by atoms with Gasteiger partial charge >= 0.3 is 0 Å². The van der Waals surface area contributed by atoms with Crippen molar-refractivity contribution in [2.75, 3.05) is 19.5 Å². The van der Waals surface area contributed by atoms with Crippen molar-refractivity contribution in [3.05, 3.63) is 95.6 Å². The fourth-order valence-corrected chi connectivity index (χ4v) is 3.31. The lowest BCUT2D eigenvalue weighted by Gasteiger charge is -2.13. The normalized spacial score (nSPS) is 10.4. The number of hydrogen-bond donors (Lipinski definition) is 3. The van der Waals surface area contributed by atoms with Crippen molar-refractivity contribution in [3.63, 3.8) is 0 Å². The molecule has 0 radical (unpaired) electrons. The summed E-state index contributed by atoms with van der Waals surface area (Å²) in [5.41, 5.74) is 2.65. The van der Waals surface area contributed by atoms with Crippen molar-refractivity contribution in [3.8, 4) is 11.5 Å². The first kappa shape index (κ1) is 24.5. The number of methoxy groups -OCH3 is 2. The van der Waals surface area contributed by atoms with E-state index in [1.165, 1.54) is 6.08 Å². The highest BCUT2D eigenvalue weighted by atomic mass is 32.1. The molecule has 0 heterocycles. The van der Waals surface area contributed by atoms with Crippen LogP contribution in [0.3, 0.4) is 0 Å². The van der Waals surface area contributed by atoms with E-state index in [-0.39, 0.29) is 11.0 Å². The Bertz CT molecular complexity index is 1200. The molecule has 0 saturated carbocycles. The molecule has 2 amide bonds. The van der Waals surface area contributed by atoms with Crippen molar-refractivity contribution in [2.24, 2.45) is 0 Å². The molecule has 3 aromatic carbocycles. The summed E-state index contributed by atoms with van der Waals surface area (Å²) in [6.45, 7) is 0.399. The Morgan fingerprint density at radius 2 is 1.62 bits per heavy atom. The summed E-state index contributed by atoms with van der Waals surface area (Å²) in [6.07, 6.45) is 2.98. The zero-order chi connectivity index (χ0) is 24.3. The predicted octanol–water partition coefficient (Wildman–Crippen LogP) is 4.16. The number of thiocarbonyl (C=S) groups is 1. The summed E-state index contributed by atoms with van der Waals surface area (Å²) in [6, 6.07) is 21.9. The number of para-hydroxylation sites is 1. The number of carbonyl (C=O) groups excluding carboxylic acids is 2. The maximum Gasteiger partial charge on any atom is 0.253 e. The summed E-state index contributed by atoms with van der Waals surface area (Å²) in [5, 5.41) is 8.46. The van der Waals surface area contributed by atoms with Gasteiger partial charge < -0.3 is 20.1 Å². The lowest BCUT2D eigenvalue weighted by molar-refractivity contribution is -0.115. The average Bonchev–Trinajstić information content (AvgIpc) is 2.86. The minimum atomic E-state index is -0.418. The van der Waals surface area contributed by atoms with Crippen molar-refractivity contribution in [1.29, 1.82) is 0 Å². The van der Waals surface area contributed by atoms with Crippen molar-refractivity contribution >= 4 is 40.9 Å². The van der Waals surface area contributed by atoms with Gasteiger partial charge in [-0.25, -0.2) is 0 Å². The van der Waals surface area contributed by atoms with Crippen LogP contribution in [0.2, 0.25) is 0 Å². The highest BCUT2D eigenvalue weighted by Crippen LogP contribution is 2.27. The molecule has 174 valence electrons. The average molecular weight is 476 g/mol. The molecule has 8 heteroatoms. The van der Waals surface area contributed by atoms with Crippen LogP contribution in [0.4, 0.5) is 5.69 Å². The smallest absolute Gasteiger partial charge is 0.253 e. The van der Waals surface area contributed by atoms with E-state index in [9.17, 15) is 9.59 Å². The van der Waals surface area contributed by atoms with Crippen LogP contribution in [0, 0.1) is 0 Å². The second kappa shape index (κ2) is 12.2. The molecule has 0 saturated heterocycles. The van der Waals surface area contributed by atoms with Gasteiger partial charge in [0, 0.05) is 12.6 Å². The Labute approximate surface area is 203 Å². The largest absolute Gasteiger partial charge is 0.493 e. The van der Waals surface area contributed by atoms with Crippen LogP contribution in [-0.2, 0) is 11.3 Å². The SMILES string of the molecule is COc1ccc(C=CC(=O)NC(=S)Nc2ccccc2C(=O)NCc2ccccc2)cc1OC. The molecular weight excluding hydrogens is 450 g/mol. The Balaban J connectivity index is 1.59. The van der Waals surface area contributed by atoms with Gasteiger partial charge in [-0.05, 0) is 53.7 Å². The number of hydrogen-bond acceptors (Lipinski definition) is 5. The molecule has 0 aliphatic carbocycles. The number of carbonyl (C=O) groups is 2. The number of amides is 2. The monoisotopic (exact) mass is 475 g/mol. The summed E-state index contributed by atoms with van der Waals surface area (Å²) in [4.78, 5) is 25.0. The second-order valence-electron chi connectivity index (χ2n) is 7.10. The Morgan fingerprint density at radius 3 is 2.35 bits per heavy atom. The fraction of sp³-hybridized carbons (Fsp3) is 0.115. The van der Waals surface area contributed by atoms with E-state index >= 15 is 0 Å². The minimum Gasteiger partial charge on any atom is -0.493 e. The molecular formula is C26H25N3O4S. The first-order valence-corrected chi connectivity index (χ1v) is 10.8. The van der Waals surface area contributed by atoms with Gasteiger partial charge in [0.25, 0.3) is 5.91 Å². The molecule has 34 heavy (non-hydrogen) atoms. The van der Waals surface area contributed by atoms with Crippen molar-refractivity contribution in [2.45, 2.75) is 6.54 Å². The van der Waals surface area contributed by atoms with Gasteiger partial charge in [-0.3, -0.25) is 14.9 Å². The van der Waals surface area contributed by atoms with E-state index in [0.29, 0.717) is 29.3 Å². The van der Waals surface area contributed by atoms with Gasteiger partial charge in [0.2, 0.25) is 5.91 Å². The molecule has 3 aromatic rings. The molecule has 3 rings (SSSR count). The fourth-order valence-electron chi connectivity index (χ4n) is 3.10. The lowest BCUT2D eigenvalue weighted by atomic mass is 10.1. The van der Waals surface area contributed by atoms with Gasteiger partial charge in [0.15, 0.2) is 16.6 Å². The van der Waals surface area contributed by atoms with E-state index in [2.05, 4.69) is 16.0 Å². The third-order valence-corrected chi connectivity index (χ3v) is 4.99. The van der Waals surface area contributed by atoms with Gasteiger partial charge in [-0.2, -0.15) is 0 Å². The number of rotatable bonds is 8. The number of nitrogens with one attached hydrogen (secondary N) is 3. The molecule has 3 N–H and O–H groups in total. The molecule has 0 spiro atoms. The topological polar surface area (TPSA) is 88.7 Å². The summed E-state index contributed by atoms with van der Waals surface area (Å²) < 4.78 is 10.5. The van der Waals surface area contributed by atoms with Crippen molar-refractivity contribution in [1.82, 2.24) is 10.6 Å². The Kier molecular flexibility index (Phi) is 8.76. The van der Waals surface area contributed by atoms with E-state index in [1.807, 2.05) is 30.3 Å². The van der Waals surface area contributed by atoms with Gasteiger partial charge in [-0.1, -0.05) is 48.5 Å². The summed E-state index contributed by atoms with van der Waals surface area (Å²) in [7, 11) is 3.10. The van der Waals surface area contributed by atoms with Gasteiger partial charge in [-0.15, -0.1) is 0 Å². The molecule has 0 fully saturated rings. The van der Waals surface area contributed by atoms with E-state index in [0.717, 1.165) is 11.1 Å². The number of benzene rings is 3. The third kappa shape index (κ3) is 6.91. The lowest BCUT2D eigenvalue weighted by Crippen LogP contribution is -2.33. The molecule has 0 atom stereocenters. The third-order valence-electron chi connectivity index (χ3n) is 4.79. The Hall–Kier alpha value is -4.17. The molecule has 0 aliphatic heterocycles. The van der Waals surface area contributed by atoms with Crippen LogP contribution in [-0.4, -0.2) is 31.1 Å². The molecule has 0 aliphatic rings. The van der Waals surface area contributed by atoms with Gasteiger partial charge in [0.05, 0.1) is 25.5 Å². The highest BCUT2D eigenvalue weighted by Gasteiger charge is 2.12. The van der Waals surface area contributed by atoms with E-state index < -0.39 is 5.91 Å².